The van der Waals surface area contributed by atoms with E-state index in [2.05, 4.69) is 22.3 Å². The second-order valence-corrected chi connectivity index (χ2v) is 8.12. The van der Waals surface area contributed by atoms with Gasteiger partial charge >= 0.3 is 0 Å². The van der Waals surface area contributed by atoms with Crippen LogP contribution in [0, 0.1) is 5.41 Å². The van der Waals surface area contributed by atoms with Gasteiger partial charge in [-0.3, -0.25) is 9.67 Å². The zero-order chi connectivity index (χ0) is 19.7. The van der Waals surface area contributed by atoms with Gasteiger partial charge in [-0.15, -0.1) is 0 Å². The lowest BCUT2D eigenvalue weighted by Crippen LogP contribution is -2.43. The molecule has 1 atom stereocenters. The smallest absolute Gasteiger partial charge is 0.223 e. The first-order valence-electron chi connectivity index (χ1n) is 10.0. The molecule has 2 fully saturated rings. The van der Waals surface area contributed by atoms with Crippen molar-refractivity contribution in [2.75, 3.05) is 39.5 Å². The van der Waals surface area contributed by atoms with Gasteiger partial charge in [0.05, 0.1) is 49.2 Å². The van der Waals surface area contributed by atoms with Crippen LogP contribution in [0.3, 0.4) is 0 Å². The van der Waals surface area contributed by atoms with Gasteiger partial charge in [0.2, 0.25) is 5.88 Å². The zero-order valence-electron chi connectivity index (χ0n) is 16.5. The van der Waals surface area contributed by atoms with E-state index in [1.165, 1.54) is 0 Å². The third-order valence-electron chi connectivity index (χ3n) is 5.35. The minimum atomic E-state index is 0.0223. The van der Waals surface area contributed by atoms with Crippen molar-refractivity contribution in [3.63, 3.8) is 0 Å². The largest absolute Gasteiger partial charge is 0.474 e. The highest BCUT2D eigenvalue weighted by molar-refractivity contribution is 5.86. The molecular weight excluding hydrogens is 370 g/mol. The van der Waals surface area contributed by atoms with Gasteiger partial charge in [-0.2, -0.15) is 5.10 Å². The van der Waals surface area contributed by atoms with Gasteiger partial charge in [-0.1, -0.05) is 6.92 Å². The van der Waals surface area contributed by atoms with Crippen LogP contribution in [-0.4, -0.2) is 65.4 Å². The van der Waals surface area contributed by atoms with Gasteiger partial charge in [0.25, 0.3) is 0 Å². The Kier molecular flexibility index (Phi) is 4.91. The second-order valence-electron chi connectivity index (χ2n) is 8.12. The van der Waals surface area contributed by atoms with E-state index in [0.29, 0.717) is 19.1 Å². The maximum absolute atomic E-state index is 6.07. The van der Waals surface area contributed by atoms with Crippen LogP contribution >= 0.6 is 0 Å². The third kappa shape index (κ3) is 3.96. The molecule has 0 aliphatic carbocycles. The highest BCUT2D eigenvalue weighted by Gasteiger charge is 2.34. The molecule has 2 aliphatic rings. The molecule has 8 nitrogen and oxygen atoms in total. The quantitative estimate of drug-likeness (QED) is 0.682. The molecule has 0 spiro atoms. The summed E-state index contributed by atoms with van der Waals surface area (Å²) in [5.41, 5.74) is 2.75. The standard InChI is InChI=1S/C21H25N5O3/c1-21(13-27-14-21)12-26-10-15(8-24-26)18-7-19-17(3-2-4-23-19)20(25-18)29-11-16-9-22-5-6-28-16/h2-4,7-8,10,16,22H,5-6,9,11-14H2,1H3/t16-/m0/s1. The molecule has 3 aromatic rings. The van der Waals surface area contributed by atoms with Gasteiger partial charge in [0.1, 0.15) is 12.7 Å². The highest BCUT2D eigenvalue weighted by atomic mass is 16.5. The number of rotatable bonds is 6. The molecule has 0 radical (unpaired) electrons. The van der Waals surface area contributed by atoms with Crippen molar-refractivity contribution in [1.82, 2.24) is 25.1 Å². The number of nitrogens with one attached hydrogen (secondary N) is 1. The molecule has 0 aromatic carbocycles. The van der Waals surface area contributed by atoms with Crippen LogP contribution in [-0.2, 0) is 16.0 Å². The number of ether oxygens (including phenoxy) is 3. The van der Waals surface area contributed by atoms with E-state index in [4.69, 9.17) is 19.2 Å². The lowest BCUT2D eigenvalue weighted by Gasteiger charge is -2.37. The summed E-state index contributed by atoms with van der Waals surface area (Å²) in [7, 11) is 0. The molecule has 0 unspecified atom stereocenters. The van der Waals surface area contributed by atoms with E-state index in [1.807, 2.05) is 35.3 Å². The molecular formula is C21H25N5O3. The minimum absolute atomic E-state index is 0.0223. The summed E-state index contributed by atoms with van der Waals surface area (Å²) in [6, 6.07) is 5.86. The number of nitrogens with zero attached hydrogens (tertiary/aromatic N) is 4. The Morgan fingerprint density at radius 1 is 1.38 bits per heavy atom. The molecule has 5 rings (SSSR count). The van der Waals surface area contributed by atoms with Crippen LogP contribution in [0.25, 0.3) is 22.2 Å². The molecule has 1 N–H and O–H groups in total. The topological polar surface area (TPSA) is 83.3 Å². The van der Waals surface area contributed by atoms with Crippen molar-refractivity contribution in [2.24, 2.45) is 5.41 Å². The fraction of sp³-hybridized carbons (Fsp3) is 0.476. The van der Waals surface area contributed by atoms with Crippen molar-refractivity contribution >= 4 is 10.9 Å². The first-order valence-corrected chi connectivity index (χ1v) is 10.0. The summed E-state index contributed by atoms with van der Waals surface area (Å²) >= 11 is 0. The average molecular weight is 395 g/mol. The van der Waals surface area contributed by atoms with Gasteiger partial charge in [-0.05, 0) is 18.2 Å². The van der Waals surface area contributed by atoms with E-state index < -0.39 is 0 Å². The van der Waals surface area contributed by atoms with E-state index >= 15 is 0 Å². The summed E-state index contributed by atoms with van der Waals surface area (Å²) < 4.78 is 19.1. The Bertz CT molecular complexity index is 995. The molecule has 5 heterocycles. The maximum Gasteiger partial charge on any atom is 0.223 e. The zero-order valence-corrected chi connectivity index (χ0v) is 16.5. The SMILES string of the molecule is CC1(Cn2cc(-c3cc4ncccc4c(OC[C@@H]4CNCCO4)n3)cn2)COC1. The van der Waals surface area contributed by atoms with E-state index in [9.17, 15) is 0 Å². The van der Waals surface area contributed by atoms with Crippen LogP contribution in [0.4, 0.5) is 0 Å². The summed E-state index contributed by atoms with van der Waals surface area (Å²) in [4.78, 5) is 9.29. The van der Waals surface area contributed by atoms with Crippen molar-refractivity contribution in [3.05, 3.63) is 36.8 Å². The van der Waals surface area contributed by atoms with Crippen molar-refractivity contribution in [2.45, 2.75) is 19.6 Å². The Labute approximate surface area is 169 Å². The van der Waals surface area contributed by atoms with Gasteiger partial charge in [-0.25, -0.2) is 4.98 Å². The number of pyridine rings is 2. The first kappa shape index (κ1) is 18.5. The summed E-state index contributed by atoms with van der Waals surface area (Å²) in [6.07, 6.45) is 5.68. The molecule has 29 heavy (non-hydrogen) atoms. The molecule has 0 saturated carbocycles. The lowest BCUT2D eigenvalue weighted by atomic mass is 9.89. The van der Waals surface area contributed by atoms with Crippen molar-refractivity contribution in [1.29, 1.82) is 0 Å². The monoisotopic (exact) mass is 395 g/mol. The average Bonchev–Trinajstić information content (AvgIpc) is 3.20. The predicted octanol–water partition coefficient (Wildman–Crippen LogP) is 1.90. The summed E-state index contributed by atoms with van der Waals surface area (Å²) in [6.45, 7) is 7.40. The molecule has 2 saturated heterocycles. The Morgan fingerprint density at radius 3 is 3.10 bits per heavy atom. The van der Waals surface area contributed by atoms with Gasteiger partial charge < -0.3 is 19.5 Å². The first-order chi connectivity index (χ1) is 14.2. The third-order valence-corrected chi connectivity index (χ3v) is 5.35. The summed E-state index contributed by atoms with van der Waals surface area (Å²) in [5, 5.41) is 8.73. The van der Waals surface area contributed by atoms with Gasteiger partial charge in [0, 0.05) is 36.5 Å². The number of hydrogen-bond acceptors (Lipinski definition) is 7. The van der Waals surface area contributed by atoms with Gasteiger partial charge in [0.15, 0.2) is 0 Å². The molecule has 2 aliphatic heterocycles. The Balaban J connectivity index is 1.41. The van der Waals surface area contributed by atoms with Crippen LogP contribution in [0.2, 0.25) is 0 Å². The van der Waals surface area contributed by atoms with E-state index in [-0.39, 0.29) is 11.5 Å². The molecule has 152 valence electrons. The fourth-order valence-corrected chi connectivity index (χ4v) is 3.72. The van der Waals surface area contributed by atoms with Crippen molar-refractivity contribution < 1.29 is 14.2 Å². The molecule has 8 heteroatoms. The minimum Gasteiger partial charge on any atom is -0.474 e. The number of morpholine rings is 1. The predicted molar refractivity (Wildman–Crippen MR) is 108 cm³/mol. The van der Waals surface area contributed by atoms with Crippen LogP contribution in [0.1, 0.15) is 6.92 Å². The maximum atomic E-state index is 6.07. The van der Waals surface area contributed by atoms with E-state index in [0.717, 1.165) is 55.0 Å². The molecule has 0 bridgehead atoms. The Hall–Kier alpha value is -2.55. The number of aromatic nitrogens is 4. The second kappa shape index (κ2) is 7.70. The molecule has 0 amide bonds. The number of hydrogen-bond donors (Lipinski definition) is 1. The van der Waals surface area contributed by atoms with Crippen LogP contribution in [0.15, 0.2) is 36.8 Å². The highest BCUT2D eigenvalue weighted by Crippen LogP contribution is 2.31. The summed E-state index contributed by atoms with van der Waals surface area (Å²) in [5.74, 6) is 0.576. The Morgan fingerprint density at radius 2 is 2.31 bits per heavy atom. The van der Waals surface area contributed by atoms with Crippen LogP contribution in [0.5, 0.6) is 5.88 Å². The fourth-order valence-electron chi connectivity index (χ4n) is 3.72. The van der Waals surface area contributed by atoms with Crippen LogP contribution < -0.4 is 10.1 Å². The number of fused-ring (bicyclic) bond motifs is 1. The molecule has 3 aromatic heterocycles. The van der Waals surface area contributed by atoms with Crippen molar-refractivity contribution in [3.8, 4) is 17.1 Å². The lowest BCUT2D eigenvalue weighted by molar-refractivity contribution is -0.111. The normalized spacial score (nSPS) is 21.1. The van der Waals surface area contributed by atoms with E-state index in [1.54, 1.807) is 6.20 Å².